The number of carboxylic acid groups (broad SMARTS) is 1. The molecule has 2 unspecified atom stereocenters. The lowest BCUT2D eigenvalue weighted by atomic mass is 9.85. The van der Waals surface area contributed by atoms with Gasteiger partial charge >= 0.3 is 5.97 Å². The van der Waals surface area contributed by atoms with Gasteiger partial charge in [-0.2, -0.15) is 0 Å². The van der Waals surface area contributed by atoms with Crippen LogP contribution in [0.4, 0.5) is 0 Å². The van der Waals surface area contributed by atoms with Crippen molar-refractivity contribution in [3.8, 4) is 0 Å². The number of amides is 1. The Morgan fingerprint density at radius 2 is 1.89 bits per heavy atom. The van der Waals surface area contributed by atoms with Crippen LogP contribution in [0.2, 0.25) is 0 Å². The summed E-state index contributed by atoms with van der Waals surface area (Å²) in [6.45, 7) is 2.34. The Hall–Kier alpha value is -2.67. The summed E-state index contributed by atoms with van der Waals surface area (Å²) < 4.78 is 2.42. The Kier molecular flexibility index (Phi) is 7.75. The lowest BCUT2D eigenvalue weighted by Gasteiger charge is -2.31. The number of aliphatic carboxylic acids is 1. The first-order chi connectivity index (χ1) is 17.5. The number of rotatable bonds is 8. The number of thiophene rings is 1. The second-order valence-corrected chi connectivity index (χ2v) is 11.8. The molecule has 192 valence electrons. The van der Waals surface area contributed by atoms with Crippen molar-refractivity contribution in [1.29, 1.82) is 0 Å². The molecule has 2 aliphatic carbocycles. The zero-order valence-electron chi connectivity index (χ0n) is 21.1. The first-order valence-electron chi connectivity index (χ1n) is 13.6. The fourth-order valence-electron chi connectivity index (χ4n) is 6.25. The van der Waals surface area contributed by atoms with Crippen molar-refractivity contribution in [3.05, 3.63) is 52.0 Å². The molecule has 5 rings (SSSR count). The Balaban J connectivity index is 1.41. The van der Waals surface area contributed by atoms with Crippen molar-refractivity contribution in [1.82, 2.24) is 14.9 Å². The number of nitrogens with one attached hydrogen (secondary N) is 1. The van der Waals surface area contributed by atoms with Gasteiger partial charge in [-0.1, -0.05) is 57.9 Å². The summed E-state index contributed by atoms with van der Waals surface area (Å²) in [6.07, 6.45) is 11.8. The van der Waals surface area contributed by atoms with Gasteiger partial charge in [0.15, 0.2) is 0 Å². The molecule has 2 N–H and O–H groups in total. The SMILES string of the molecule is CC1CCCCC1n1c(Cc2cccs2)nc2cc(C(=O)N[C@@H](CC3CCCCC3)C(=O)O)ccc21. The van der Waals surface area contributed by atoms with Gasteiger partial charge in [-0.3, -0.25) is 4.79 Å². The fraction of sp³-hybridized carbons (Fsp3) is 0.552. The quantitative estimate of drug-likeness (QED) is 0.360. The fourth-order valence-corrected chi connectivity index (χ4v) is 6.95. The van der Waals surface area contributed by atoms with E-state index in [1.54, 1.807) is 11.3 Å². The molecule has 3 aromatic rings. The van der Waals surface area contributed by atoms with Crippen LogP contribution in [-0.2, 0) is 11.2 Å². The van der Waals surface area contributed by atoms with Crippen LogP contribution in [0.3, 0.4) is 0 Å². The van der Waals surface area contributed by atoms with E-state index in [4.69, 9.17) is 4.98 Å². The number of carbonyl (C=O) groups excluding carboxylic acids is 1. The molecule has 7 heteroatoms. The highest BCUT2D eigenvalue weighted by molar-refractivity contribution is 7.09. The minimum atomic E-state index is -0.955. The van der Waals surface area contributed by atoms with Gasteiger partial charge in [0.1, 0.15) is 11.9 Å². The average molecular weight is 508 g/mol. The molecule has 3 atom stereocenters. The van der Waals surface area contributed by atoms with E-state index in [9.17, 15) is 14.7 Å². The van der Waals surface area contributed by atoms with Crippen molar-refractivity contribution in [2.75, 3.05) is 0 Å². The standard InChI is InChI=1S/C29H37N3O3S/c1-19-8-5-6-12-25(19)32-26-14-13-21(17-23(26)30-27(32)18-22-11-7-15-36-22)28(33)31-24(29(34)35)16-20-9-3-2-4-10-20/h7,11,13-15,17,19-20,24-25H,2-6,8-10,12,16,18H2,1H3,(H,31,33)(H,34,35)/t19?,24-,25?/m0/s1. The first-order valence-corrected chi connectivity index (χ1v) is 14.4. The summed E-state index contributed by atoms with van der Waals surface area (Å²) in [7, 11) is 0. The van der Waals surface area contributed by atoms with Gasteiger partial charge in [0.05, 0.1) is 11.0 Å². The molecule has 0 saturated heterocycles. The summed E-state index contributed by atoms with van der Waals surface area (Å²) >= 11 is 1.74. The number of hydrogen-bond acceptors (Lipinski definition) is 4. The van der Waals surface area contributed by atoms with Gasteiger partial charge in [-0.05, 0) is 60.7 Å². The van der Waals surface area contributed by atoms with Crippen molar-refractivity contribution >= 4 is 34.2 Å². The highest BCUT2D eigenvalue weighted by atomic mass is 32.1. The smallest absolute Gasteiger partial charge is 0.326 e. The third-order valence-corrected chi connectivity index (χ3v) is 9.11. The number of carbonyl (C=O) groups is 2. The van der Waals surface area contributed by atoms with E-state index in [1.807, 2.05) is 18.2 Å². The van der Waals surface area contributed by atoms with Crippen LogP contribution >= 0.6 is 11.3 Å². The molecule has 0 bridgehead atoms. The zero-order valence-corrected chi connectivity index (χ0v) is 21.9. The van der Waals surface area contributed by atoms with Crippen LogP contribution in [0.25, 0.3) is 11.0 Å². The summed E-state index contributed by atoms with van der Waals surface area (Å²) in [5.74, 6) is 0.710. The number of benzene rings is 1. The third-order valence-electron chi connectivity index (χ3n) is 8.23. The van der Waals surface area contributed by atoms with Gasteiger partial charge in [-0.25, -0.2) is 9.78 Å². The summed E-state index contributed by atoms with van der Waals surface area (Å²) in [5.41, 5.74) is 2.35. The molecule has 2 heterocycles. The second-order valence-electron chi connectivity index (χ2n) is 10.8. The zero-order chi connectivity index (χ0) is 25.1. The third kappa shape index (κ3) is 5.51. The monoisotopic (exact) mass is 507 g/mol. The molecule has 2 fully saturated rings. The van der Waals surface area contributed by atoms with Crippen LogP contribution < -0.4 is 5.32 Å². The Morgan fingerprint density at radius 3 is 2.61 bits per heavy atom. The van der Waals surface area contributed by atoms with Crippen molar-refractivity contribution in [3.63, 3.8) is 0 Å². The maximum absolute atomic E-state index is 13.1. The van der Waals surface area contributed by atoms with E-state index in [2.05, 4.69) is 34.3 Å². The molecule has 0 spiro atoms. The normalized spacial score (nSPS) is 21.9. The molecule has 6 nitrogen and oxygen atoms in total. The van der Waals surface area contributed by atoms with E-state index in [0.717, 1.165) is 55.4 Å². The topological polar surface area (TPSA) is 84.2 Å². The van der Waals surface area contributed by atoms with Crippen LogP contribution in [0.15, 0.2) is 35.7 Å². The number of hydrogen-bond donors (Lipinski definition) is 2. The number of carboxylic acids is 1. The largest absolute Gasteiger partial charge is 0.480 e. The van der Waals surface area contributed by atoms with Crippen molar-refractivity contribution < 1.29 is 14.7 Å². The van der Waals surface area contributed by atoms with Gasteiger partial charge in [0, 0.05) is 22.9 Å². The minimum absolute atomic E-state index is 0.333. The maximum atomic E-state index is 13.1. The lowest BCUT2D eigenvalue weighted by Crippen LogP contribution is -2.42. The molecule has 2 saturated carbocycles. The Labute approximate surface area is 217 Å². The molecule has 36 heavy (non-hydrogen) atoms. The van der Waals surface area contributed by atoms with E-state index in [0.29, 0.717) is 29.9 Å². The van der Waals surface area contributed by atoms with Crippen molar-refractivity contribution in [2.24, 2.45) is 11.8 Å². The molecular weight excluding hydrogens is 470 g/mol. The second kappa shape index (κ2) is 11.2. The molecule has 0 radical (unpaired) electrons. The van der Waals surface area contributed by atoms with Crippen molar-refractivity contribution in [2.45, 2.75) is 89.6 Å². The highest BCUT2D eigenvalue weighted by Gasteiger charge is 2.29. The summed E-state index contributed by atoms with van der Waals surface area (Å²) in [6, 6.07) is 9.45. The van der Waals surface area contributed by atoms with E-state index < -0.39 is 12.0 Å². The van der Waals surface area contributed by atoms with Crippen LogP contribution in [0.1, 0.15) is 98.2 Å². The van der Waals surface area contributed by atoms with Gasteiger partial charge in [0.2, 0.25) is 0 Å². The van der Waals surface area contributed by atoms with Crippen LogP contribution in [-0.4, -0.2) is 32.6 Å². The number of aromatic nitrogens is 2. The van der Waals surface area contributed by atoms with Crippen LogP contribution in [0.5, 0.6) is 0 Å². The molecule has 1 amide bonds. The molecule has 1 aromatic carbocycles. The van der Waals surface area contributed by atoms with Gasteiger partial charge < -0.3 is 15.0 Å². The summed E-state index contributed by atoms with van der Waals surface area (Å²) in [4.78, 5) is 31.4. The molecular formula is C29H37N3O3S. The average Bonchev–Trinajstić information content (AvgIpc) is 3.52. The Morgan fingerprint density at radius 1 is 1.11 bits per heavy atom. The van der Waals surface area contributed by atoms with E-state index in [-0.39, 0.29) is 5.91 Å². The summed E-state index contributed by atoms with van der Waals surface area (Å²) in [5, 5.41) is 14.7. The predicted molar refractivity (Wildman–Crippen MR) is 144 cm³/mol. The van der Waals surface area contributed by atoms with E-state index in [1.165, 1.54) is 30.6 Å². The van der Waals surface area contributed by atoms with E-state index >= 15 is 0 Å². The molecule has 2 aliphatic rings. The number of nitrogens with zero attached hydrogens (tertiary/aromatic N) is 2. The molecule has 0 aliphatic heterocycles. The highest BCUT2D eigenvalue weighted by Crippen LogP contribution is 2.37. The Bertz CT molecular complexity index is 1200. The lowest BCUT2D eigenvalue weighted by molar-refractivity contribution is -0.139. The number of imidazole rings is 1. The van der Waals surface area contributed by atoms with Crippen LogP contribution in [0, 0.1) is 11.8 Å². The van der Waals surface area contributed by atoms with Gasteiger partial charge in [-0.15, -0.1) is 11.3 Å². The number of fused-ring (bicyclic) bond motifs is 1. The predicted octanol–water partition coefficient (Wildman–Crippen LogP) is 6.59. The van der Waals surface area contributed by atoms with Gasteiger partial charge in [0.25, 0.3) is 5.91 Å². The maximum Gasteiger partial charge on any atom is 0.326 e. The molecule has 2 aromatic heterocycles. The first kappa shape index (κ1) is 25.0. The minimum Gasteiger partial charge on any atom is -0.480 e.